The molecule has 1 aromatic heterocycles. The monoisotopic (exact) mass is 396 g/mol. The van der Waals surface area contributed by atoms with Crippen LogP contribution >= 0.6 is 0 Å². The number of aryl methyl sites for hydroxylation is 1. The lowest BCUT2D eigenvalue weighted by Gasteiger charge is -2.33. The Hall–Kier alpha value is -2.67. The van der Waals surface area contributed by atoms with Gasteiger partial charge in [-0.15, -0.1) is 0 Å². The second kappa shape index (κ2) is 8.78. The molecule has 1 N–H and O–H groups in total. The molecule has 2 saturated heterocycles. The number of hydrogen-bond donors (Lipinski definition) is 1. The summed E-state index contributed by atoms with van der Waals surface area (Å²) in [4.78, 5) is 29.6. The lowest BCUT2D eigenvalue weighted by Crippen LogP contribution is -2.42. The molecular formula is C22H28N4O3. The van der Waals surface area contributed by atoms with Gasteiger partial charge >= 0.3 is 0 Å². The molecule has 3 heterocycles. The van der Waals surface area contributed by atoms with Gasteiger partial charge in [-0.25, -0.2) is 0 Å². The number of rotatable bonds is 4. The second-order valence-electron chi connectivity index (χ2n) is 7.95. The van der Waals surface area contributed by atoms with Crippen molar-refractivity contribution in [2.75, 3.05) is 39.4 Å². The van der Waals surface area contributed by atoms with Gasteiger partial charge in [0.1, 0.15) is 0 Å². The number of nitrogens with one attached hydrogen (secondary N) is 1. The van der Waals surface area contributed by atoms with Crippen molar-refractivity contribution in [3.63, 3.8) is 0 Å². The van der Waals surface area contributed by atoms with Gasteiger partial charge in [-0.05, 0) is 25.3 Å². The summed E-state index contributed by atoms with van der Waals surface area (Å²) in [5.41, 5.74) is 3.69. The average Bonchev–Trinajstić information content (AvgIpc) is 3.24. The maximum absolute atomic E-state index is 12.9. The molecule has 2 amide bonds. The Bertz CT molecular complexity index is 872. The van der Waals surface area contributed by atoms with Crippen LogP contribution in [0.2, 0.25) is 0 Å². The van der Waals surface area contributed by atoms with E-state index in [0.717, 1.165) is 36.2 Å². The molecular weight excluding hydrogens is 368 g/mol. The van der Waals surface area contributed by atoms with Gasteiger partial charge < -0.3 is 14.5 Å². The maximum Gasteiger partial charge on any atom is 0.257 e. The van der Waals surface area contributed by atoms with Crippen LogP contribution < -0.4 is 0 Å². The van der Waals surface area contributed by atoms with Gasteiger partial charge in [-0.2, -0.15) is 5.10 Å². The van der Waals surface area contributed by atoms with E-state index in [1.165, 1.54) is 0 Å². The first-order valence-corrected chi connectivity index (χ1v) is 10.4. The van der Waals surface area contributed by atoms with Crippen molar-refractivity contribution < 1.29 is 14.3 Å². The Labute approximate surface area is 171 Å². The number of amides is 2. The SMILES string of the molecule is Cc1cccc(CC(=O)N2CCC[C@H](c3[nH]ncc3C(=O)N3CCOCC3)C2)c1. The first kappa shape index (κ1) is 19.6. The highest BCUT2D eigenvalue weighted by atomic mass is 16.5. The van der Waals surface area contributed by atoms with Crippen molar-refractivity contribution >= 4 is 11.8 Å². The van der Waals surface area contributed by atoms with Crippen molar-refractivity contribution in [1.82, 2.24) is 20.0 Å². The van der Waals surface area contributed by atoms with Crippen molar-refractivity contribution in [3.05, 3.63) is 52.8 Å². The molecule has 2 fully saturated rings. The molecule has 0 spiro atoms. The van der Waals surface area contributed by atoms with Crippen molar-refractivity contribution in [2.24, 2.45) is 0 Å². The summed E-state index contributed by atoms with van der Waals surface area (Å²) in [7, 11) is 0. The number of benzene rings is 1. The standard InChI is InChI=1S/C22H28N4O3/c1-16-4-2-5-17(12-16)13-20(27)26-7-3-6-18(15-26)21-19(14-23-24-21)22(28)25-8-10-29-11-9-25/h2,4-5,12,14,18H,3,6-11,13,15H2,1H3,(H,23,24)/t18-/m0/s1. The summed E-state index contributed by atoms with van der Waals surface area (Å²) in [5, 5.41) is 7.20. The molecule has 1 atom stereocenters. The Morgan fingerprint density at radius 1 is 1.21 bits per heavy atom. The number of likely N-dealkylation sites (tertiary alicyclic amines) is 1. The molecule has 7 nitrogen and oxygen atoms in total. The van der Waals surface area contributed by atoms with E-state index in [9.17, 15) is 9.59 Å². The lowest BCUT2D eigenvalue weighted by atomic mass is 9.91. The molecule has 1 aromatic carbocycles. The fraction of sp³-hybridized carbons (Fsp3) is 0.500. The van der Waals surface area contributed by atoms with Crippen LogP contribution in [0.15, 0.2) is 30.5 Å². The van der Waals surface area contributed by atoms with Gasteiger partial charge in [0, 0.05) is 32.1 Å². The first-order chi connectivity index (χ1) is 14.1. The van der Waals surface area contributed by atoms with E-state index in [1.807, 2.05) is 34.9 Å². The maximum atomic E-state index is 12.9. The highest BCUT2D eigenvalue weighted by Gasteiger charge is 2.30. The molecule has 29 heavy (non-hydrogen) atoms. The Morgan fingerprint density at radius 2 is 2.03 bits per heavy atom. The minimum atomic E-state index is 0.000241. The van der Waals surface area contributed by atoms with Crippen LogP contribution in [0.5, 0.6) is 0 Å². The molecule has 7 heteroatoms. The molecule has 0 saturated carbocycles. The number of carbonyl (C=O) groups is 2. The number of hydrogen-bond acceptors (Lipinski definition) is 4. The molecule has 2 aromatic rings. The van der Waals surface area contributed by atoms with Gasteiger partial charge in [-0.3, -0.25) is 14.7 Å². The zero-order valence-electron chi connectivity index (χ0n) is 16.9. The van der Waals surface area contributed by atoms with Crippen LogP contribution in [-0.4, -0.2) is 71.2 Å². The number of morpholine rings is 1. The first-order valence-electron chi connectivity index (χ1n) is 10.4. The quantitative estimate of drug-likeness (QED) is 0.859. The molecule has 4 rings (SSSR count). The third kappa shape index (κ3) is 4.50. The van der Waals surface area contributed by atoms with Crippen LogP contribution in [0, 0.1) is 6.92 Å². The molecule has 0 radical (unpaired) electrons. The lowest BCUT2D eigenvalue weighted by molar-refractivity contribution is -0.131. The minimum absolute atomic E-state index is 0.000241. The number of aromatic nitrogens is 2. The number of aromatic amines is 1. The molecule has 0 unspecified atom stereocenters. The fourth-order valence-corrected chi connectivity index (χ4v) is 4.26. The van der Waals surface area contributed by atoms with E-state index < -0.39 is 0 Å². The third-order valence-electron chi connectivity index (χ3n) is 5.82. The Morgan fingerprint density at radius 3 is 2.83 bits per heavy atom. The summed E-state index contributed by atoms with van der Waals surface area (Å²) >= 11 is 0. The highest BCUT2D eigenvalue weighted by molar-refractivity contribution is 5.95. The smallest absolute Gasteiger partial charge is 0.257 e. The molecule has 0 bridgehead atoms. The van der Waals surface area contributed by atoms with Gasteiger partial charge in [0.05, 0.1) is 37.1 Å². The van der Waals surface area contributed by atoms with E-state index in [2.05, 4.69) is 16.3 Å². The van der Waals surface area contributed by atoms with Gasteiger partial charge in [0.25, 0.3) is 5.91 Å². The zero-order valence-corrected chi connectivity index (χ0v) is 16.9. The topological polar surface area (TPSA) is 78.5 Å². The number of H-pyrrole nitrogens is 1. The van der Waals surface area contributed by atoms with Crippen molar-refractivity contribution in [2.45, 2.75) is 32.1 Å². The summed E-state index contributed by atoms with van der Waals surface area (Å²) in [6.45, 7) is 5.78. The van der Waals surface area contributed by atoms with Crippen LogP contribution in [0.3, 0.4) is 0 Å². The van der Waals surface area contributed by atoms with Crippen molar-refractivity contribution in [1.29, 1.82) is 0 Å². The van der Waals surface area contributed by atoms with Crippen LogP contribution in [0.1, 0.15) is 45.9 Å². The highest BCUT2D eigenvalue weighted by Crippen LogP contribution is 2.29. The molecule has 154 valence electrons. The number of nitrogens with zero attached hydrogens (tertiary/aromatic N) is 3. The second-order valence-corrected chi connectivity index (χ2v) is 7.95. The van der Waals surface area contributed by atoms with E-state index in [4.69, 9.17) is 4.74 Å². The largest absolute Gasteiger partial charge is 0.378 e. The van der Waals surface area contributed by atoms with Gasteiger partial charge in [-0.1, -0.05) is 29.8 Å². The van der Waals surface area contributed by atoms with Crippen LogP contribution in [0.25, 0.3) is 0 Å². The molecule has 0 aliphatic carbocycles. The average molecular weight is 396 g/mol. The number of carbonyl (C=O) groups excluding carboxylic acids is 2. The summed E-state index contributed by atoms with van der Waals surface area (Å²) in [5.74, 6) is 0.244. The van der Waals surface area contributed by atoms with E-state index >= 15 is 0 Å². The predicted molar refractivity (Wildman–Crippen MR) is 109 cm³/mol. The van der Waals surface area contributed by atoms with E-state index in [0.29, 0.717) is 44.8 Å². The summed E-state index contributed by atoms with van der Waals surface area (Å²) < 4.78 is 5.35. The predicted octanol–water partition coefficient (Wildman–Crippen LogP) is 2.14. The number of piperidine rings is 1. The Kier molecular flexibility index (Phi) is 5.94. The van der Waals surface area contributed by atoms with Crippen LogP contribution in [-0.2, 0) is 16.0 Å². The van der Waals surface area contributed by atoms with Crippen molar-refractivity contribution in [3.8, 4) is 0 Å². The summed E-state index contributed by atoms with van der Waals surface area (Å²) in [6, 6.07) is 8.09. The normalized spacial score (nSPS) is 20.0. The third-order valence-corrected chi connectivity index (χ3v) is 5.82. The molecule has 2 aliphatic heterocycles. The van der Waals surface area contributed by atoms with E-state index in [-0.39, 0.29) is 17.7 Å². The minimum Gasteiger partial charge on any atom is -0.378 e. The van der Waals surface area contributed by atoms with Gasteiger partial charge in [0.15, 0.2) is 0 Å². The summed E-state index contributed by atoms with van der Waals surface area (Å²) in [6.07, 6.45) is 3.91. The Balaban J connectivity index is 1.44. The van der Waals surface area contributed by atoms with Gasteiger partial charge in [0.2, 0.25) is 5.91 Å². The molecule has 2 aliphatic rings. The number of ether oxygens (including phenoxy) is 1. The van der Waals surface area contributed by atoms with E-state index in [1.54, 1.807) is 6.20 Å². The van der Waals surface area contributed by atoms with Crippen LogP contribution in [0.4, 0.5) is 0 Å². The zero-order chi connectivity index (χ0) is 20.2. The fourth-order valence-electron chi connectivity index (χ4n) is 4.26.